The van der Waals surface area contributed by atoms with Crippen molar-refractivity contribution in [2.75, 3.05) is 6.54 Å². The van der Waals surface area contributed by atoms with Crippen LogP contribution in [0.25, 0.3) is 11.5 Å². The molecule has 9 nitrogen and oxygen atoms in total. The zero-order valence-corrected chi connectivity index (χ0v) is 14.1. The van der Waals surface area contributed by atoms with Crippen LogP contribution in [0.5, 0.6) is 0 Å². The lowest BCUT2D eigenvalue weighted by Gasteiger charge is -2.28. The van der Waals surface area contributed by atoms with Crippen LogP contribution >= 0.6 is 0 Å². The fraction of sp³-hybridized carbons (Fsp3) is 0.500. The summed E-state index contributed by atoms with van der Waals surface area (Å²) in [6.45, 7) is 3.83. The van der Waals surface area contributed by atoms with Crippen molar-refractivity contribution in [2.45, 2.75) is 38.5 Å². The molecule has 0 bridgehead atoms. The Balaban J connectivity index is 1.88. The predicted molar refractivity (Wildman–Crippen MR) is 86.9 cm³/mol. The van der Waals surface area contributed by atoms with Gasteiger partial charge in [0.25, 0.3) is 0 Å². The molecular weight excluding hydrogens is 326 g/mol. The fourth-order valence-electron chi connectivity index (χ4n) is 3.15. The van der Waals surface area contributed by atoms with Crippen LogP contribution in [0, 0.1) is 5.92 Å². The molecule has 2 unspecified atom stereocenters. The van der Waals surface area contributed by atoms with Crippen molar-refractivity contribution in [1.82, 2.24) is 19.9 Å². The van der Waals surface area contributed by atoms with Gasteiger partial charge in [-0.1, -0.05) is 19.1 Å². The molecule has 0 aliphatic carbocycles. The van der Waals surface area contributed by atoms with E-state index in [-0.39, 0.29) is 24.8 Å². The molecule has 1 aliphatic heterocycles. The molecule has 1 aliphatic rings. The van der Waals surface area contributed by atoms with Crippen LogP contribution in [0.3, 0.4) is 0 Å². The van der Waals surface area contributed by atoms with Crippen LogP contribution in [0.4, 0.5) is 0 Å². The average Bonchev–Trinajstić information content (AvgIpc) is 3.26. The first kappa shape index (κ1) is 17.2. The maximum Gasteiger partial charge on any atom is 0.248 e. The van der Waals surface area contributed by atoms with Gasteiger partial charge >= 0.3 is 0 Å². The number of aliphatic hydroxyl groups is 1. The summed E-state index contributed by atoms with van der Waals surface area (Å²) in [6, 6.07) is 2.02. The molecule has 3 heterocycles. The number of furan rings is 1. The maximum atomic E-state index is 13.0. The fourth-order valence-corrected chi connectivity index (χ4v) is 3.15. The Morgan fingerprint density at radius 1 is 1.44 bits per heavy atom. The standard InChI is InChI=1S/C16H21N5O4/c1-9(2)14(16(24)20-7-10(22)6-12(20)15(17)23)21-8-11(18-19-21)13-4-3-5-25-13/h3-5,8-10,12,14,22H,6-7H2,1-2H3,(H2,17,23)/t10?,12?,14-/m0/s1. The molecular formula is C16H21N5O4. The van der Waals surface area contributed by atoms with E-state index < -0.39 is 24.1 Å². The number of nitrogens with zero attached hydrogens (tertiary/aromatic N) is 4. The number of aromatic nitrogens is 3. The Kier molecular flexibility index (Phi) is 4.58. The molecule has 0 radical (unpaired) electrons. The van der Waals surface area contributed by atoms with Crippen LogP contribution in [-0.2, 0) is 9.59 Å². The summed E-state index contributed by atoms with van der Waals surface area (Å²) in [5, 5.41) is 17.9. The van der Waals surface area contributed by atoms with E-state index in [1.54, 1.807) is 18.3 Å². The molecule has 3 atom stereocenters. The summed E-state index contributed by atoms with van der Waals surface area (Å²) in [6.07, 6.45) is 2.56. The largest absolute Gasteiger partial charge is 0.463 e. The second-order valence-corrected chi connectivity index (χ2v) is 6.55. The van der Waals surface area contributed by atoms with E-state index in [1.165, 1.54) is 15.8 Å². The Hall–Kier alpha value is -2.68. The number of hydrogen-bond donors (Lipinski definition) is 2. The van der Waals surface area contributed by atoms with Crippen LogP contribution < -0.4 is 5.73 Å². The first-order chi connectivity index (χ1) is 11.9. The quantitative estimate of drug-likeness (QED) is 0.794. The van der Waals surface area contributed by atoms with Gasteiger partial charge in [0, 0.05) is 13.0 Å². The number of likely N-dealkylation sites (tertiary alicyclic amines) is 1. The summed E-state index contributed by atoms with van der Waals surface area (Å²) < 4.78 is 6.76. The lowest BCUT2D eigenvalue weighted by molar-refractivity contribution is -0.141. The van der Waals surface area contributed by atoms with Crippen molar-refractivity contribution in [3.8, 4) is 11.5 Å². The summed E-state index contributed by atoms with van der Waals surface area (Å²) >= 11 is 0. The predicted octanol–water partition coefficient (Wildman–Crippen LogP) is 0.182. The molecule has 0 aromatic carbocycles. The van der Waals surface area contributed by atoms with E-state index in [1.807, 2.05) is 13.8 Å². The normalized spacial score (nSPS) is 21.7. The van der Waals surface area contributed by atoms with Crippen LogP contribution in [-0.4, -0.2) is 55.5 Å². The van der Waals surface area contributed by atoms with Crippen molar-refractivity contribution in [1.29, 1.82) is 0 Å². The van der Waals surface area contributed by atoms with Gasteiger partial charge < -0.3 is 20.2 Å². The number of carbonyl (C=O) groups excluding carboxylic acids is 2. The molecule has 1 fully saturated rings. The Labute approximate surface area is 144 Å². The highest BCUT2D eigenvalue weighted by Gasteiger charge is 2.41. The Morgan fingerprint density at radius 3 is 2.80 bits per heavy atom. The lowest BCUT2D eigenvalue weighted by atomic mass is 10.0. The maximum absolute atomic E-state index is 13.0. The molecule has 0 saturated carbocycles. The Morgan fingerprint density at radius 2 is 2.20 bits per heavy atom. The van der Waals surface area contributed by atoms with Crippen LogP contribution in [0.1, 0.15) is 26.3 Å². The monoisotopic (exact) mass is 347 g/mol. The van der Waals surface area contributed by atoms with Gasteiger partial charge in [0.1, 0.15) is 17.8 Å². The number of nitrogens with two attached hydrogens (primary N) is 1. The van der Waals surface area contributed by atoms with Gasteiger partial charge in [-0.3, -0.25) is 9.59 Å². The molecule has 9 heteroatoms. The lowest BCUT2D eigenvalue weighted by Crippen LogP contribution is -2.47. The van der Waals surface area contributed by atoms with Crippen molar-refractivity contribution >= 4 is 11.8 Å². The number of rotatable bonds is 5. The van der Waals surface area contributed by atoms with E-state index in [9.17, 15) is 14.7 Å². The third-order valence-electron chi connectivity index (χ3n) is 4.34. The van der Waals surface area contributed by atoms with Crippen molar-refractivity contribution in [2.24, 2.45) is 11.7 Å². The summed E-state index contributed by atoms with van der Waals surface area (Å²) in [5.41, 5.74) is 5.89. The molecule has 0 spiro atoms. The van der Waals surface area contributed by atoms with Gasteiger partial charge in [0.15, 0.2) is 5.76 Å². The number of aliphatic hydroxyl groups excluding tert-OH is 1. The highest BCUT2D eigenvalue weighted by molar-refractivity contribution is 5.89. The molecule has 3 rings (SSSR count). The Bertz CT molecular complexity index is 754. The van der Waals surface area contributed by atoms with Gasteiger partial charge in [0.2, 0.25) is 11.8 Å². The molecule has 2 aromatic rings. The van der Waals surface area contributed by atoms with E-state index in [0.29, 0.717) is 11.5 Å². The third kappa shape index (κ3) is 3.27. The zero-order valence-electron chi connectivity index (χ0n) is 14.1. The highest BCUT2D eigenvalue weighted by Crippen LogP contribution is 2.27. The van der Waals surface area contributed by atoms with E-state index in [4.69, 9.17) is 10.2 Å². The minimum Gasteiger partial charge on any atom is -0.463 e. The molecule has 2 amide bonds. The first-order valence-corrected chi connectivity index (χ1v) is 8.12. The number of carbonyl (C=O) groups is 2. The van der Waals surface area contributed by atoms with Crippen molar-refractivity contribution in [3.05, 3.63) is 24.6 Å². The summed E-state index contributed by atoms with van der Waals surface area (Å²) in [5.74, 6) is -0.494. The van der Waals surface area contributed by atoms with Gasteiger partial charge in [-0.25, -0.2) is 4.68 Å². The van der Waals surface area contributed by atoms with Gasteiger partial charge in [-0.15, -0.1) is 5.10 Å². The van der Waals surface area contributed by atoms with E-state index in [2.05, 4.69) is 10.3 Å². The van der Waals surface area contributed by atoms with Gasteiger partial charge in [0.05, 0.1) is 18.6 Å². The van der Waals surface area contributed by atoms with E-state index in [0.717, 1.165) is 0 Å². The highest BCUT2D eigenvalue weighted by atomic mass is 16.3. The molecule has 1 saturated heterocycles. The SMILES string of the molecule is CC(C)[C@@H](C(=O)N1CC(O)CC1C(N)=O)n1cc(-c2ccco2)nn1. The topological polar surface area (TPSA) is 127 Å². The number of primary amides is 1. The summed E-state index contributed by atoms with van der Waals surface area (Å²) in [4.78, 5) is 26.0. The second kappa shape index (κ2) is 6.67. The van der Waals surface area contributed by atoms with Gasteiger partial charge in [-0.2, -0.15) is 0 Å². The van der Waals surface area contributed by atoms with Crippen molar-refractivity contribution in [3.63, 3.8) is 0 Å². The minimum absolute atomic E-state index is 0.0788. The third-order valence-corrected chi connectivity index (χ3v) is 4.34. The van der Waals surface area contributed by atoms with Gasteiger partial charge in [-0.05, 0) is 18.1 Å². The second-order valence-electron chi connectivity index (χ2n) is 6.55. The molecule has 2 aromatic heterocycles. The molecule has 25 heavy (non-hydrogen) atoms. The molecule has 3 N–H and O–H groups in total. The number of hydrogen-bond acceptors (Lipinski definition) is 6. The first-order valence-electron chi connectivity index (χ1n) is 8.12. The smallest absolute Gasteiger partial charge is 0.248 e. The minimum atomic E-state index is -0.809. The number of β-amino-alcohol motifs (C(OH)–C–C–N with tert-alkyl or cyclic N) is 1. The average molecular weight is 347 g/mol. The van der Waals surface area contributed by atoms with E-state index >= 15 is 0 Å². The zero-order chi connectivity index (χ0) is 18.1. The van der Waals surface area contributed by atoms with Crippen molar-refractivity contribution < 1.29 is 19.1 Å². The molecule has 134 valence electrons. The number of amides is 2. The summed E-state index contributed by atoms with van der Waals surface area (Å²) in [7, 11) is 0. The van der Waals surface area contributed by atoms with Crippen LogP contribution in [0.2, 0.25) is 0 Å². The van der Waals surface area contributed by atoms with Crippen LogP contribution in [0.15, 0.2) is 29.0 Å².